The van der Waals surface area contributed by atoms with Crippen molar-refractivity contribution < 1.29 is 17.9 Å². The number of nitrogens with one attached hydrogen (secondary N) is 2. The van der Waals surface area contributed by atoms with Gasteiger partial charge in [0.15, 0.2) is 0 Å². The lowest BCUT2D eigenvalue weighted by Crippen LogP contribution is -2.49. The maximum absolute atomic E-state index is 11.6. The van der Waals surface area contributed by atoms with Crippen LogP contribution in [0.4, 0.5) is 0 Å². The molecule has 0 radical (unpaired) electrons. The topological polar surface area (TPSA) is 84.5 Å². The molecule has 0 heterocycles. The van der Waals surface area contributed by atoms with E-state index in [2.05, 4.69) is 10.0 Å². The molecule has 0 aromatic heterocycles. The monoisotopic (exact) mass is 314 g/mol. The van der Waals surface area contributed by atoms with Crippen LogP contribution in [0.2, 0.25) is 0 Å². The fraction of sp³-hybridized carbons (Fsp3) is 0.500. The molecule has 0 saturated heterocycles. The van der Waals surface area contributed by atoms with Crippen molar-refractivity contribution in [2.75, 3.05) is 19.9 Å². The number of sulfonamides is 1. The molecule has 118 valence electrons. The number of esters is 1. The number of ether oxygens (including phenoxy) is 1. The Morgan fingerprint density at radius 2 is 1.90 bits per heavy atom. The van der Waals surface area contributed by atoms with E-state index < -0.39 is 15.6 Å². The molecule has 0 aliphatic rings. The summed E-state index contributed by atoms with van der Waals surface area (Å²) in [5.74, 6) is -0.388. The van der Waals surface area contributed by atoms with Crippen LogP contribution in [0.3, 0.4) is 0 Å². The highest BCUT2D eigenvalue weighted by Crippen LogP contribution is 2.10. The average Bonchev–Trinajstić information content (AvgIpc) is 2.35. The molecule has 1 aromatic carbocycles. The third-order valence-corrected chi connectivity index (χ3v) is 3.69. The van der Waals surface area contributed by atoms with Gasteiger partial charge in [-0.15, -0.1) is 0 Å². The van der Waals surface area contributed by atoms with E-state index in [1.165, 1.54) is 7.11 Å². The van der Waals surface area contributed by atoms with Gasteiger partial charge in [-0.1, -0.05) is 18.2 Å². The molecule has 6 nitrogen and oxygen atoms in total. The molecule has 2 N–H and O–H groups in total. The van der Waals surface area contributed by atoms with Gasteiger partial charge in [-0.05, 0) is 25.5 Å². The maximum atomic E-state index is 11.6. The summed E-state index contributed by atoms with van der Waals surface area (Å²) < 4.78 is 29.8. The lowest BCUT2D eigenvalue weighted by atomic mass is 10.1. The van der Waals surface area contributed by atoms with Crippen LogP contribution < -0.4 is 10.0 Å². The van der Waals surface area contributed by atoms with E-state index in [-0.39, 0.29) is 5.97 Å². The Hall–Kier alpha value is -1.44. The summed E-state index contributed by atoms with van der Waals surface area (Å²) in [6.45, 7) is 4.44. The van der Waals surface area contributed by atoms with Crippen molar-refractivity contribution in [2.24, 2.45) is 0 Å². The molecule has 0 bridgehead atoms. The first-order valence-corrected chi connectivity index (χ1v) is 8.40. The van der Waals surface area contributed by atoms with Crippen LogP contribution in [0, 0.1) is 0 Å². The van der Waals surface area contributed by atoms with Crippen molar-refractivity contribution in [1.82, 2.24) is 10.0 Å². The lowest BCUT2D eigenvalue weighted by Gasteiger charge is -2.25. The minimum atomic E-state index is -3.27. The highest BCUT2D eigenvalue weighted by atomic mass is 32.2. The fourth-order valence-electron chi connectivity index (χ4n) is 2.03. The van der Waals surface area contributed by atoms with Crippen molar-refractivity contribution in [3.63, 3.8) is 0 Å². The van der Waals surface area contributed by atoms with E-state index >= 15 is 0 Å². The Balaban J connectivity index is 2.67. The highest BCUT2D eigenvalue weighted by Gasteiger charge is 2.21. The first kappa shape index (κ1) is 17.6. The Morgan fingerprint density at radius 3 is 2.48 bits per heavy atom. The number of hydrogen-bond acceptors (Lipinski definition) is 5. The number of benzene rings is 1. The van der Waals surface area contributed by atoms with E-state index in [1.54, 1.807) is 26.0 Å². The van der Waals surface area contributed by atoms with E-state index in [4.69, 9.17) is 4.74 Å². The highest BCUT2D eigenvalue weighted by molar-refractivity contribution is 7.88. The number of rotatable bonds is 7. The van der Waals surface area contributed by atoms with Gasteiger partial charge in [-0.2, -0.15) is 0 Å². The Labute approximate surface area is 125 Å². The molecular formula is C14H22N2O4S. The second kappa shape index (κ2) is 7.02. The number of methoxy groups -OCH3 is 1. The second-order valence-corrected chi connectivity index (χ2v) is 7.26. The summed E-state index contributed by atoms with van der Waals surface area (Å²) in [5, 5.41) is 3.15. The zero-order chi connectivity index (χ0) is 16.1. The molecule has 0 saturated carbocycles. The largest absolute Gasteiger partial charge is 0.465 e. The molecule has 7 heteroatoms. The number of hydrogen-bond donors (Lipinski definition) is 2. The van der Waals surface area contributed by atoms with Crippen LogP contribution in [0.1, 0.15) is 29.8 Å². The summed E-state index contributed by atoms with van der Waals surface area (Å²) in [6, 6.07) is 7.13. The van der Waals surface area contributed by atoms with Crippen molar-refractivity contribution in [3.05, 3.63) is 35.4 Å². The van der Waals surface area contributed by atoms with Gasteiger partial charge in [0.1, 0.15) is 0 Å². The second-order valence-electron chi connectivity index (χ2n) is 5.51. The van der Waals surface area contributed by atoms with Crippen molar-refractivity contribution in [1.29, 1.82) is 0 Å². The van der Waals surface area contributed by atoms with Gasteiger partial charge in [-0.25, -0.2) is 17.9 Å². The van der Waals surface area contributed by atoms with Crippen molar-refractivity contribution in [3.8, 4) is 0 Å². The van der Waals surface area contributed by atoms with Gasteiger partial charge in [0.25, 0.3) is 0 Å². The van der Waals surface area contributed by atoms with E-state index in [1.807, 2.05) is 12.1 Å². The first-order chi connectivity index (χ1) is 9.64. The van der Waals surface area contributed by atoms with Crippen LogP contribution in [-0.4, -0.2) is 39.8 Å². The van der Waals surface area contributed by atoms with E-state index in [0.29, 0.717) is 18.7 Å². The Kier molecular flexibility index (Phi) is 5.88. The van der Waals surface area contributed by atoms with E-state index in [9.17, 15) is 13.2 Å². The summed E-state index contributed by atoms with van der Waals surface area (Å²) in [4.78, 5) is 11.6. The predicted octanol–water partition coefficient (Wildman–Crippen LogP) is 0.891. The predicted molar refractivity (Wildman–Crippen MR) is 81.5 cm³/mol. The van der Waals surface area contributed by atoms with Gasteiger partial charge in [-0.3, -0.25) is 0 Å². The third-order valence-electron chi connectivity index (χ3n) is 2.77. The van der Waals surface area contributed by atoms with Gasteiger partial charge >= 0.3 is 5.97 Å². The molecule has 1 rings (SSSR count). The lowest BCUT2D eigenvalue weighted by molar-refractivity contribution is 0.0599. The first-order valence-electron chi connectivity index (χ1n) is 6.50. The Morgan fingerprint density at radius 1 is 1.29 bits per heavy atom. The van der Waals surface area contributed by atoms with Gasteiger partial charge in [0.2, 0.25) is 10.0 Å². The minimum absolute atomic E-state index is 0.388. The molecule has 0 aliphatic heterocycles. The van der Waals surface area contributed by atoms with Gasteiger partial charge < -0.3 is 10.1 Å². The smallest absolute Gasteiger partial charge is 0.338 e. The summed E-state index contributed by atoms with van der Waals surface area (Å²) in [5.41, 5.74) is 0.689. The normalized spacial score (nSPS) is 12.2. The van der Waals surface area contributed by atoms with Crippen LogP contribution in [0.25, 0.3) is 0 Å². The van der Waals surface area contributed by atoms with Gasteiger partial charge in [0, 0.05) is 18.6 Å². The van der Waals surface area contributed by atoms with Crippen LogP contribution >= 0.6 is 0 Å². The molecule has 0 spiro atoms. The molecular weight excluding hydrogens is 292 g/mol. The minimum Gasteiger partial charge on any atom is -0.465 e. The average molecular weight is 314 g/mol. The molecule has 0 atom stereocenters. The molecule has 0 fully saturated rings. The molecule has 1 aromatic rings. The number of carbonyl (C=O) groups excluding carboxylic acids is 1. The van der Waals surface area contributed by atoms with Crippen molar-refractivity contribution >= 4 is 16.0 Å². The zero-order valence-corrected chi connectivity index (χ0v) is 13.6. The van der Waals surface area contributed by atoms with Crippen LogP contribution in [0.15, 0.2) is 24.3 Å². The van der Waals surface area contributed by atoms with Crippen LogP contribution in [-0.2, 0) is 21.3 Å². The fourth-order valence-corrected chi connectivity index (χ4v) is 3.11. The Bertz CT molecular complexity index is 597. The van der Waals surface area contributed by atoms with E-state index in [0.717, 1.165) is 11.8 Å². The summed E-state index contributed by atoms with van der Waals surface area (Å²) >= 11 is 0. The zero-order valence-electron chi connectivity index (χ0n) is 12.8. The third kappa shape index (κ3) is 6.24. The molecule has 0 amide bonds. The molecule has 0 unspecified atom stereocenters. The molecule has 0 aliphatic carbocycles. The molecule has 21 heavy (non-hydrogen) atoms. The van der Waals surface area contributed by atoms with Gasteiger partial charge in [0.05, 0.1) is 18.9 Å². The maximum Gasteiger partial charge on any atom is 0.338 e. The SMILES string of the molecule is COC(=O)c1ccccc1CNCC(C)(C)NS(C)(=O)=O. The quantitative estimate of drug-likeness (QED) is 0.730. The summed E-state index contributed by atoms with van der Waals surface area (Å²) in [6.07, 6.45) is 1.13. The van der Waals surface area contributed by atoms with Crippen LogP contribution in [0.5, 0.6) is 0 Å². The summed E-state index contributed by atoms with van der Waals surface area (Å²) in [7, 11) is -1.93. The van der Waals surface area contributed by atoms with Crippen molar-refractivity contribution in [2.45, 2.75) is 25.9 Å². The number of carbonyl (C=O) groups is 1. The standard InChI is InChI=1S/C14H22N2O4S/c1-14(2,16-21(4,18)19)10-15-9-11-7-5-6-8-12(11)13(17)20-3/h5-8,15-16H,9-10H2,1-4H3.